The molecule has 3 heterocycles. The van der Waals surface area contributed by atoms with Crippen LogP contribution in [0.3, 0.4) is 0 Å². The zero-order valence-corrected chi connectivity index (χ0v) is 30.9. The fourth-order valence-corrected chi connectivity index (χ4v) is 7.57. The molecule has 7 aromatic carbocycles. The molecule has 0 spiro atoms. The lowest BCUT2D eigenvalue weighted by Crippen LogP contribution is -2.01. The molecular weight excluding hydrogens is 695 g/mol. The van der Waals surface area contributed by atoms with Gasteiger partial charge in [0.25, 0.3) is 0 Å². The normalized spacial score (nSPS) is 11.2. The maximum Gasteiger partial charge on any atom is 0.160 e. The summed E-state index contributed by atoms with van der Waals surface area (Å²) in [6, 6.07) is 69.4. The van der Waals surface area contributed by atoms with Gasteiger partial charge in [-0.2, -0.15) is 0 Å². The lowest BCUT2D eigenvalue weighted by atomic mass is 9.92. The zero-order chi connectivity index (χ0) is 38.0. The van der Waals surface area contributed by atoms with E-state index >= 15 is 0 Å². The SMILES string of the molecule is c1ccc(-c2cc(-c3cccnc3)cc(-c3nc(-c4ccccc4)c(-c4ccc(-c5nc6ccccc6n5-c5ccccc5)cc4)c(-c4ccccc4)n3)c2)cc1. The van der Waals surface area contributed by atoms with Crippen LogP contribution >= 0.6 is 0 Å². The molecule has 0 atom stereocenters. The number of pyridine rings is 1. The number of fused-ring (bicyclic) bond motifs is 1. The van der Waals surface area contributed by atoms with Crippen LogP contribution in [0.2, 0.25) is 0 Å². The third kappa shape index (κ3) is 6.58. The van der Waals surface area contributed by atoms with Gasteiger partial charge in [0.2, 0.25) is 0 Å². The van der Waals surface area contributed by atoms with Crippen molar-refractivity contribution < 1.29 is 0 Å². The molecule has 5 heteroatoms. The van der Waals surface area contributed by atoms with Crippen molar-refractivity contribution in [3.63, 3.8) is 0 Å². The van der Waals surface area contributed by atoms with Gasteiger partial charge >= 0.3 is 0 Å². The Hall–Kier alpha value is -7.76. The number of benzene rings is 7. The summed E-state index contributed by atoms with van der Waals surface area (Å²) in [7, 11) is 0. The van der Waals surface area contributed by atoms with E-state index in [2.05, 4.69) is 173 Å². The van der Waals surface area contributed by atoms with Gasteiger partial charge in [0.15, 0.2) is 5.82 Å². The van der Waals surface area contributed by atoms with Crippen molar-refractivity contribution in [1.82, 2.24) is 24.5 Å². The molecule has 10 rings (SSSR count). The lowest BCUT2D eigenvalue weighted by molar-refractivity contribution is 1.10. The summed E-state index contributed by atoms with van der Waals surface area (Å²) in [5.74, 6) is 1.53. The van der Waals surface area contributed by atoms with E-state index in [0.29, 0.717) is 5.82 Å². The number of para-hydroxylation sites is 3. The monoisotopic (exact) mass is 729 g/mol. The smallest absolute Gasteiger partial charge is 0.160 e. The first-order valence-electron chi connectivity index (χ1n) is 19.0. The average Bonchev–Trinajstić information content (AvgIpc) is 3.70. The fourth-order valence-electron chi connectivity index (χ4n) is 7.57. The molecule has 10 aromatic rings. The number of hydrogen-bond donors (Lipinski definition) is 0. The maximum absolute atomic E-state index is 5.47. The highest BCUT2D eigenvalue weighted by molar-refractivity contribution is 5.93. The van der Waals surface area contributed by atoms with Crippen molar-refractivity contribution >= 4 is 11.0 Å². The van der Waals surface area contributed by atoms with Gasteiger partial charge in [-0.25, -0.2) is 15.0 Å². The van der Waals surface area contributed by atoms with Crippen LogP contribution in [0.4, 0.5) is 0 Å². The summed E-state index contributed by atoms with van der Waals surface area (Å²) in [5, 5.41) is 0. The summed E-state index contributed by atoms with van der Waals surface area (Å²) >= 11 is 0. The third-order valence-electron chi connectivity index (χ3n) is 10.3. The Morgan fingerprint density at radius 2 is 0.860 bits per heavy atom. The standard InChI is InChI=1S/C52H35N5/c1-5-16-36(17-6-1)42-32-43(41-22-15-31-53-35-41)34-44(33-42)51-55-49(38-18-7-2-8-19-38)48(50(56-51)39-20-9-3-10-21-39)37-27-29-40(30-28-37)52-54-46-25-13-14-26-47(46)57(52)45-23-11-4-12-24-45/h1-35H. The van der Waals surface area contributed by atoms with Crippen LogP contribution in [0.1, 0.15) is 0 Å². The predicted molar refractivity (Wildman–Crippen MR) is 233 cm³/mol. The van der Waals surface area contributed by atoms with Crippen LogP contribution in [-0.4, -0.2) is 24.5 Å². The Kier molecular flexibility index (Phi) is 8.78. The maximum atomic E-state index is 5.47. The molecule has 0 unspecified atom stereocenters. The largest absolute Gasteiger partial charge is 0.292 e. The topological polar surface area (TPSA) is 56.5 Å². The van der Waals surface area contributed by atoms with Crippen molar-refractivity contribution in [2.24, 2.45) is 0 Å². The molecule has 0 N–H and O–H groups in total. The molecule has 0 aliphatic heterocycles. The van der Waals surface area contributed by atoms with Gasteiger partial charge in [-0.05, 0) is 70.8 Å². The van der Waals surface area contributed by atoms with Gasteiger partial charge in [-0.1, -0.05) is 152 Å². The van der Waals surface area contributed by atoms with Crippen molar-refractivity contribution in [3.05, 3.63) is 213 Å². The van der Waals surface area contributed by atoms with Gasteiger partial charge in [0, 0.05) is 51.5 Å². The van der Waals surface area contributed by atoms with Crippen LogP contribution in [0.15, 0.2) is 213 Å². The molecule has 268 valence electrons. The molecule has 0 saturated carbocycles. The molecule has 57 heavy (non-hydrogen) atoms. The summed E-state index contributed by atoms with van der Waals surface area (Å²) in [6.45, 7) is 0. The number of rotatable bonds is 8. The number of nitrogens with zero attached hydrogens (tertiary/aromatic N) is 5. The molecule has 5 nitrogen and oxygen atoms in total. The summed E-state index contributed by atoms with van der Waals surface area (Å²) in [5.41, 5.74) is 15.0. The molecule has 0 bridgehead atoms. The minimum absolute atomic E-state index is 0.646. The molecule has 0 aliphatic rings. The second-order valence-corrected chi connectivity index (χ2v) is 13.9. The number of imidazole rings is 1. The van der Waals surface area contributed by atoms with Gasteiger partial charge in [0.05, 0.1) is 22.4 Å². The molecule has 0 amide bonds. The van der Waals surface area contributed by atoms with Crippen molar-refractivity contribution in [2.75, 3.05) is 0 Å². The number of hydrogen-bond acceptors (Lipinski definition) is 4. The summed E-state index contributed by atoms with van der Waals surface area (Å²) < 4.78 is 2.23. The Labute approximate surface area is 331 Å². The minimum Gasteiger partial charge on any atom is -0.292 e. The van der Waals surface area contributed by atoms with Crippen LogP contribution < -0.4 is 0 Å². The van der Waals surface area contributed by atoms with Gasteiger partial charge in [-0.3, -0.25) is 9.55 Å². The Balaban J connectivity index is 1.19. The van der Waals surface area contributed by atoms with Gasteiger partial charge in [0.1, 0.15) is 5.82 Å². The van der Waals surface area contributed by atoms with E-state index in [0.717, 1.165) is 89.6 Å². The van der Waals surface area contributed by atoms with Gasteiger partial charge in [-0.15, -0.1) is 0 Å². The Morgan fingerprint density at radius 1 is 0.351 bits per heavy atom. The molecular formula is C52H35N5. The average molecular weight is 730 g/mol. The molecule has 0 aliphatic carbocycles. The van der Waals surface area contributed by atoms with Crippen molar-refractivity contribution in [2.45, 2.75) is 0 Å². The second kappa shape index (κ2) is 14.8. The first-order chi connectivity index (χ1) is 28.3. The van der Waals surface area contributed by atoms with Crippen molar-refractivity contribution in [3.8, 4) is 84.4 Å². The van der Waals surface area contributed by atoms with E-state index in [1.54, 1.807) is 6.20 Å². The highest BCUT2D eigenvalue weighted by Gasteiger charge is 2.22. The van der Waals surface area contributed by atoms with Crippen LogP contribution in [-0.2, 0) is 0 Å². The predicted octanol–water partition coefficient (Wildman–Crippen LogP) is 12.9. The van der Waals surface area contributed by atoms with E-state index in [1.807, 2.05) is 42.6 Å². The molecule has 3 aromatic heterocycles. The van der Waals surface area contributed by atoms with Gasteiger partial charge < -0.3 is 0 Å². The van der Waals surface area contributed by atoms with E-state index in [4.69, 9.17) is 15.0 Å². The summed E-state index contributed by atoms with van der Waals surface area (Å²) in [4.78, 5) is 20.5. The zero-order valence-electron chi connectivity index (χ0n) is 30.9. The van der Waals surface area contributed by atoms with Crippen molar-refractivity contribution in [1.29, 1.82) is 0 Å². The van der Waals surface area contributed by atoms with E-state index in [1.165, 1.54) is 0 Å². The van der Waals surface area contributed by atoms with E-state index in [-0.39, 0.29) is 0 Å². The molecule has 0 saturated heterocycles. The first kappa shape index (κ1) is 33.8. The van der Waals surface area contributed by atoms with Crippen LogP contribution in [0, 0.1) is 0 Å². The quantitative estimate of drug-likeness (QED) is 0.156. The highest BCUT2D eigenvalue weighted by Crippen LogP contribution is 2.41. The lowest BCUT2D eigenvalue weighted by Gasteiger charge is -2.18. The Morgan fingerprint density at radius 3 is 1.47 bits per heavy atom. The van der Waals surface area contributed by atoms with E-state index in [9.17, 15) is 0 Å². The summed E-state index contributed by atoms with van der Waals surface area (Å²) in [6.07, 6.45) is 3.71. The highest BCUT2D eigenvalue weighted by atomic mass is 15.1. The Bertz CT molecular complexity index is 2840. The third-order valence-corrected chi connectivity index (χ3v) is 10.3. The minimum atomic E-state index is 0.646. The van der Waals surface area contributed by atoms with Crippen LogP contribution in [0.25, 0.3) is 95.4 Å². The second-order valence-electron chi connectivity index (χ2n) is 13.9. The fraction of sp³-hybridized carbons (Fsp3) is 0. The number of aromatic nitrogens is 5. The van der Waals surface area contributed by atoms with E-state index < -0.39 is 0 Å². The first-order valence-corrected chi connectivity index (χ1v) is 19.0. The van der Waals surface area contributed by atoms with Crippen LogP contribution in [0.5, 0.6) is 0 Å². The molecule has 0 fully saturated rings. The molecule has 0 radical (unpaired) electrons.